The molecular formula is C12H18O3. The van der Waals surface area contributed by atoms with Gasteiger partial charge in [0.05, 0.1) is 6.10 Å². The van der Waals surface area contributed by atoms with E-state index in [1.165, 1.54) is 0 Å². The minimum atomic E-state index is -0.139. The maximum atomic E-state index is 10.9. The first-order valence-corrected chi connectivity index (χ1v) is 5.53. The molecule has 0 aromatic carbocycles. The topological polar surface area (TPSA) is 38.8 Å². The predicted octanol–water partition coefficient (Wildman–Crippen LogP) is 1.63. The number of hydrogen-bond donors (Lipinski definition) is 0. The molecule has 1 saturated carbocycles. The maximum absolute atomic E-state index is 10.9. The van der Waals surface area contributed by atoms with Gasteiger partial charge in [-0.1, -0.05) is 0 Å². The van der Waals surface area contributed by atoms with Gasteiger partial charge in [-0.3, -0.25) is 0 Å². The van der Waals surface area contributed by atoms with Crippen LogP contribution in [0.2, 0.25) is 0 Å². The van der Waals surface area contributed by atoms with Crippen molar-refractivity contribution in [3.63, 3.8) is 0 Å². The van der Waals surface area contributed by atoms with E-state index in [0.717, 1.165) is 12.8 Å². The van der Waals surface area contributed by atoms with Gasteiger partial charge in [-0.2, -0.15) is 0 Å². The third kappa shape index (κ3) is 2.17. The van der Waals surface area contributed by atoms with Crippen molar-refractivity contribution in [3.8, 4) is 0 Å². The van der Waals surface area contributed by atoms with Gasteiger partial charge in [-0.15, -0.1) is 0 Å². The van der Waals surface area contributed by atoms with Crippen molar-refractivity contribution in [1.82, 2.24) is 0 Å². The van der Waals surface area contributed by atoms with Gasteiger partial charge in [0, 0.05) is 13.0 Å². The molecule has 2 rings (SSSR count). The van der Waals surface area contributed by atoms with Crippen molar-refractivity contribution in [2.24, 2.45) is 17.8 Å². The quantitative estimate of drug-likeness (QED) is 0.662. The van der Waals surface area contributed by atoms with Crippen LogP contribution in [0.15, 0.2) is 0 Å². The van der Waals surface area contributed by atoms with Crippen LogP contribution in [0, 0.1) is 31.1 Å². The van der Waals surface area contributed by atoms with E-state index in [4.69, 9.17) is 9.47 Å². The predicted molar refractivity (Wildman–Crippen MR) is 55.7 cm³/mol. The Labute approximate surface area is 91.1 Å². The lowest BCUT2D eigenvalue weighted by molar-refractivity contribution is -0.117. The molecule has 2 fully saturated rings. The summed E-state index contributed by atoms with van der Waals surface area (Å²) in [6.45, 7) is 6.20. The Balaban J connectivity index is 1.84. The van der Waals surface area contributed by atoms with Crippen molar-refractivity contribution in [2.75, 3.05) is 7.11 Å². The third-order valence-electron chi connectivity index (χ3n) is 3.70. The monoisotopic (exact) mass is 210 g/mol. The minimum Gasteiger partial charge on any atom is -0.447 e. The summed E-state index contributed by atoms with van der Waals surface area (Å²) in [7, 11) is 1.71. The zero-order chi connectivity index (χ0) is 11.0. The molecule has 0 aromatic rings. The Kier molecular flexibility index (Phi) is 3.01. The summed E-state index contributed by atoms with van der Waals surface area (Å²) in [4.78, 5) is 10.9. The molecule has 0 N–H and O–H groups in total. The number of carbonyl (C=O) groups is 1. The largest absolute Gasteiger partial charge is 0.447 e. The summed E-state index contributed by atoms with van der Waals surface area (Å²) >= 11 is 0. The average Bonchev–Trinajstić information content (AvgIpc) is 2.80. The Morgan fingerprint density at radius 1 is 1.67 bits per heavy atom. The SMILES string of the molecule is [CH2]C(C1C[CH]C(C2OC2=O)C1)C(C)OC. The van der Waals surface area contributed by atoms with Crippen molar-refractivity contribution >= 4 is 5.97 Å². The molecule has 2 aliphatic rings. The van der Waals surface area contributed by atoms with Crippen LogP contribution in [-0.4, -0.2) is 25.3 Å². The second-order valence-electron chi connectivity index (χ2n) is 4.59. The number of cyclic esters (lactones) is 1. The Bertz CT molecular complexity index is 251. The number of rotatable bonds is 4. The molecule has 1 heterocycles. The van der Waals surface area contributed by atoms with E-state index < -0.39 is 0 Å². The summed E-state index contributed by atoms with van der Waals surface area (Å²) < 4.78 is 10.2. The van der Waals surface area contributed by atoms with Gasteiger partial charge in [0.2, 0.25) is 6.10 Å². The molecule has 3 heteroatoms. The van der Waals surface area contributed by atoms with Gasteiger partial charge in [-0.25, -0.2) is 4.79 Å². The molecule has 5 unspecified atom stereocenters. The Morgan fingerprint density at radius 3 is 2.87 bits per heavy atom. The van der Waals surface area contributed by atoms with Crippen molar-refractivity contribution in [2.45, 2.75) is 32.0 Å². The smallest absolute Gasteiger partial charge is 0.348 e. The first-order chi connectivity index (χ1) is 7.13. The van der Waals surface area contributed by atoms with Gasteiger partial charge in [0.1, 0.15) is 0 Å². The summed E-state index contributed by atoms with van der Waals surface area (Å²) in [5.74, 6) is 1.10. The van der Waals surface area contributed by atoms with Crippen molar-refractivity contribution < 1.29 is 14.3 Å². The van der Waals surface area contributed by atoms with E-state index in [0.29, 0.717) is 17.8 Å². The van der Waals surface area contributed by atoms with E-state index in [9.17, 15) is 4.79 Å². The van der Waals surface area contributed by atoms with Gasteiger partial charge in [0.25, 0.3) is 0 Å². The van der Waals surface area contributed by atoms with E-state index in [2.05, 4.69) is 13.3 Å². The highest BCUT2D eigenvalue weighted by Gasteiger charge is 2.48. The van der Waals surface area contributed by atoms with Crippen LogP contribution in [0.1, 0.15) is 19.8 Å². The summed E-state index contributed by atoms with van der Waals surface area (Å²) in [6, 6.07) is 0. The van der Waals surface area contributed by atoms with Crippen LogP contribution in [0.3, 0.4) is 0 Å². The highest BCUT2D eigenvalue weighted by molar-refractivity contribution is 5.87. The third-order valence-corrected chi connectivity index (χ3v) is 3.70. The number of carbonyl (C=O) groups excluding carboxylic acids is 1. The lowest BCUT2D eigenvalue weighted by atomic mass is 9.87. The van der Waals surface area contributed by atoms with Gasteiger partial charge < -0.3 is 9.47 Å². The van der Waals surface area contributed by atoms with Crippen molar-refractivity contribution in [3.05, 3.63) is 13.3 Å². The Morgan fingerprint density at radius 2 is 2.33 bits per heavy atom. The number of hydrogen-bond acceptors (Lipinski definition) is 3. The molecular weight excluding hydrogens is 192 g/mol. The fourth-order valence-corrected chi connectivity index (χ4v) is 2.40. The minimum absolute atomic E-state index is 0.0442. The first-order valence-electron chi connectivity index (χ1n) is 5.53. The summed E-state index contributed by atoms with van der Waals surface area (Å²) in [5.41, 5.74) is 0. The standard InChI is InChI=1S/C12H18O3/c1-7(8(2)14-3)9-4-5-10(6-9)11-12(13)15-11/h5,7-11H,1,4,6H2,2-3H3. The highest BCUT2D eigenvalue weighted by atomic mass is 16.6. The van der Waals surface area contributed by atoms with E-state index in [-0.39, 0.29) is 18.2 Å². The Hall–Kier alpha value is -0.570. The fraction of sp³-hybridized carbons (Fsp3) is 0.750. The molecule has 15 heavy (non-hydrogen) atoms. The lowest BCUT2D eigenvalue weighted by Gasteiger charge is -2.24. The number of epoxide rings is 1. The maximum Gasteiger partial charge on any atom is 0.348 e. The van der Waals surface area contributed by atoms with Gasteiger partial charge >= 0.3 is 5.97 Å². The fourth-order valence-electron chi connectivity index (χ4n) is 2.40. The average molecular weight is 210 g/mol. The molecule has 0 aromatic heterocycles. The van der Waals surface area contributed by atoms with E-state index >= 15 is 0 Å². The van der Waals surface area contributed by atoms with Crippen LogP contribution in [0.25, 0.3) is 0 Å². The second kappa shape index (κ2) is 4.12. The zero-order valence-corrected chi connectivity index (χ0v) is 9.31. The molecule has 84 valence electrons. The lowest BCUT2D eigenvalue weighted by Crippen LogP contribution is -2.23. The normalized spacial score (nSPS) is 38.6. The molecule has 0 spiro atoms. The summed E-state index contributed by atoms with van der Waals surface area (Å²) in [5, 5.41) is 0. The number of methoxy groups -OCH3 is 1. The van der Waals surface area contributed by atoms with Crippen LogP contribution in [0.4, 0.5) is 0 Å². The zero-order valence-electron chi connectivity index (χ0n) is 9.31. The first kappa shape index (κ1) is 10.9. The van der Waals surface area contributed by atoms with Crippen LogP contribution < -0.4 is 0 Å². The van der Waals surface area contributed by atoms with E-state index in [1.807, 2.05) is 6.92 Å². The number of ether oxygens (including phenoxy) is 2. The molecule has 5 atom stereocenters. The van der Waals surface area contributed by atoms with E-state index in [1.54, 1.807) is 7.11 Å². The molecule has 0 bridgehead atoms. The molecule has 1 aliphatic heterocycles. The van der Waals surface area contributed by atoms with Crippen LogP contribution in [0.5, 0.6) is 0 Å². The van der Waals surface area contributed by atoms with Crippen LogP contribution in [-0.2, 0) is 14.3 Å². The molecule has 1 saturated heterocycles. The molecule has 1 aliphatic carbocycles. The molecule has 0 amide bonds. The summed E-state index contributed by atoms with van der Waals surface area (Å²) in [6.07, 6.45) is 4.29. The molecule has 2 radical (unpaired) electrons. The highest BCUT2D eigenvalue weighted by Crippen LogP contribution is 2.42. The van der Waals surface area contributed by atoms with Gasteiger partial charge in [-0.05, 0) is 44.9 Å². The second-order valence-corrected chi connectivity index (χ2v) is 4.59. The van der Waals surface area contributed by atoms with Gasteiger partial charge in [0.15, 0.2) is 0 Å². The van der Waals surface area contributed by atoms with Crippen LogP contribution >= 0.6 is 0 Å². The van der Waals surface area contributed by atoms with Crippen molar-refractivity contribution in [1.29, 1.82) is 0 Å². The molecule has 3 nitrogen and oxygen atoms in total.